The van der Waals surface area contributed by atoms with Gasteiger partial charge in [0.25, 0.3) is 0 Å². The summed E-state index contributed by atoms with van der Waals surface area (Å²) < 4.78 is 0. The van der Waals surface area contributed by atoms with Crippen LogP contribution >= 0.6 is 23.2 Å². The molecule has 1 aliphatic heterocycles. The van der Waals surface area contributed by atoms with E-state index in [4.69, 9.17) is 28.3 Å². The summed E-state index contributed by atoms with van der Waals surface area (Å²) >= 11 is 11.9. The molecule has 0 aliphatic carbocycles. The van der Waals surface area contributed by atoms with E-state index in [1.165, 1.54) is 0 Å². The van der Waals surface area contributed by atoms with Crippen molar-refractivity contribution >= 4 is 29.2 Å². The van der Waals surface area contributed by atoms with Crippen LogP contribution in [0.3, 0.4) is 0 Å². The topological polar surface area (TPSA) is 40.5 Å². The second kappa shape index (κ2) is 5.70. The Kier molecular flexibility index (Phi) is 4.39. The highest BCUT2D eigenvalue weighted by atomic mass is 35.5. The highest BCUT2D eigenvalue weighted by Crippen LogP contribution is 2.33. The van der Waals surface area contributed by atoms with Gasteiger partial charge >= 0.3 is 5.97 Å². The van der Waals surface area contributed by atoms with Gasteiger partial charge in [0.1, 0.15) is 0 Å². The van der Waals surface area contributed by atoms with E-state index >= 15 is 0 Å². The fourth-order valence-electron chi connectivity index (χ4n) is 2.63. The summed E-state index contributed by atoms with van der Waals surface area (Å²) in [4.78, 5) is 13.3. The number of likely N-dealkylation sites (tertiary alicyclic amines) is 1. The normalized spacial score (nSPS) is 25.5. The van der Waals surface area contributed by atoms with Gasteiger partial charge in [-0.15, -0.1) is 0 Å². The molecule has 0 radical (unpaired) electrons. The van der Waals surface area contributed by atoms with Crippen LogP contribution in [0.5, 0.6) is 0 Å². The molecule has 1 saturated heterocycles. The third-order valence-corrected chi connectivity index (χ3v) is 4.67. The number of benzene rings is 1. The van der Waals surface area contributed by atoms with Gasteiger partial charge in [-0.25, -0.2) is 0 Å². The molecule has 2 rings (SSSR count). The molecule has 0 bridgehead atoms. The first-order chi connectivity index (χ1) is 8.90. The number of halogens is 2. The molecule has 1 aromatic carbocycles. The van der Waals surface area contributed by atoms with E-state index in [2.05, 4.69) is 11.8 Å². The molecular formula is C14H17Cl2NO2. The zero-order chi connectivity index (χ0) is 14.2. The van der Waals surface area contributed by atoms with Crippen molar-refractivity contribution in [1.82, 2.24) is 4.90 Å². The van der Waals surface area contributed by atoms with Gasteiger partial charge in [-0.1, -0.05) is 36.2 Å². The van der Waals surface area contributed by atoms with E-state index in [9.17, 15) is 4.79 Å². The average Bonchev–Trinajstić information content (AvgIpc) is 2.74. The molecule has 0 saturated carbocycles. The lowest BCUT2D eigenvalue weighted by atomic mass is 9.99. The van der Waals surface area contributed by atoms with Crippen molar-refractivity contribution in [3.05, 3.63) is 33.8 Å². The Balaban J connectivity index is 2.14. The molecule has 104 valence electrons. The van der Waals surface area contributed by atoms with Gasteiger partial charge in [-0.3, -0.25) is 9.69 Å². The Labute approximate surface area is 123 Å². The zero-order valence-corrected chi connectivity index (χ0v) is 12.4. The monoisotopic (exact) mass is 301 g/mol. The van der Waals surface area contributed by atoms with Gasteiger partial charge in [0.15, 0.2) is 0 Å². The first-order valence-electron chi connectivity index (χ1n) is 6.32. The lowest BCUT2D eigenvalue weighted by Gasteiger charge is -2.24. The Morgan fingerprint density at radius 3 is 2.58 bits per heavy atom. The molecule has 1 unspecified atom stereocenters. The van der Waals surface area contributed by atoms with Crippen molar-refractivity contribution in [3.63, 3.8) is 0 Å². The molecule has 1 aliphatic rings. The minimum atomic E-state index is -0.712. The molecule has 3 nitrogen and oxygen atoms in total. The van der Waals surface area contributed by atoms with Crippen molar-refractivity contribution in [3.8, 4) is 0 Å². The third-order valence-electron chi connectivity index (χ3n) is 3.93. The molecule has 0 spiro atoms. The second-order valence-corrected chi connectivity index (χ2v) is 6.04. The van der Waals surface area contributed by atoms with Crippen molar-refractivity contribution in [2.24, 2.45) is 11.8 Å². The Bertz CT molecular complexity index is 492. The average molecular weight is 302 g/mol. The molecule has 1 heterocycles. The Morgan fingerprint density at radius 1 is 1.37 bits per heavy atom. The van der Waals surface area contributed by atoms with Crippen LogP contribution in [-0.4, -0.2) is 29.1 Å². The Morgan fingerprint density at radius 2 is 2.05 bits per heavy atom. The first-order valence-corrected chi connectivity index (χ1v) is 7.07. The number of nitrogens with zero attached hydrogens (tertiary/aromatic N) is 1. The van der Waals surface area contributed by atoms with Gasteiger partial charge in [0, 0.05) is 19.1 Å². The molecule has 5 heteroatoms. The number of aliphatic carboxylic acids is 1. The SMILES string of the molecule is CC(c1ccc(Cl)c(Cl)c1)N1C[C@@H](C)[C@H](C(=O)O)C1. The number of carboxylic acids is 1. The highest BCUT2D eigenvalue weighted by molar-refractivity contribution is 6.42. The van der Waals surface area contributed by atoms with Crippen LogP contribution in [0.25, 0.3) is 0 Å². The van der Waals surface area contributed by atoms with Gasteiger partial charge in [-0.05, 0) is 30.5 Å². The standard InChI is InChI=1S/C14H17Cl2NO2/c1-8-6-17(7-11(8)14(18)19)9(2)10-3-4-12(15)13(16)5-10/h3-5,8-9,11H,6-7H2,1-2H3,(H,18,19)/t8-,9?,11-/m1/s1. The fourth-order valence-corrected chi connectivity index (χ4v) is 2.93. The quantitative estimate of drug-likeness (QED) is 0.925. The third kappa shape index (κ3) is 3.04. The highest BCUT2D eigenvalue weighted by Gasteiger charge is 2.36. The number of rotatable bonds is 3. The minimum Gasteiger partial charge on any atom is -0.481 e. The largest absolute Gasteiger partial charge is 0.481 e. The van der Waals surface area contributed by atoms with Gasteiger partial charge in [0.05, 0.1) is 16.0 Å². The minimum absolute atomic E-state index is 0.140. The molecular weight excluding hydrogens is 285 g/mol. The lowest BCUT2D eigenvalue weighted by Crippen LogP contribution is -2.26. The van der Waals surface area contributed by atoms with E-state index in [1.54, 1.807) is 6.07 Å². The predicted molar refractivity (Wildman–Crippen MR) is 76.7 cm³/mol. The van der Waals surface area contributed by atoms with Gasteiger partial charge in [-0.2, -0.15) is 0 Å². The predicted octanol–water partition coefficient (Wildman–Crippen LogP) is 3.71. The van der Waals surface area contributed by atoms with Crippen molar-refractivity contribution in [1.29, 1.82) is 0 Å². The van der Waals surface area contributed by atoms with E-state index in [0.717, 1.165) is 12.1 Å². The summed E-state index contributed by atoms with van der Waals surface area (Å²) in [6.45, 7) is 5.42. The second-order valence-electron chi connectivity index (χ2n) is 5.23. The van der Waals surface area contributed by atoms with Crippen LogP contribution < -0.4 is 0 Å². The molecule has 0 aromatic heterocycles. The van der Waals surface area contributed by atoms with Gasteiger partial charge in [0.2, 0.25) is 0 Å². The van der Waals surface area contributed by atoms with Crippen LogP contribution in [0.2, 0.25) is 10.0 Å². The van der Waals surface area contributed by atoms with E-state index < -0.39 is 5.97 Å². The molecule has 0 amide bonds. The molecule has 19 heavy (non-hydrogen) atoms. The number of carboxylic acid groups (broad SMARTS) is 1. The number of carbonyl (C=O) groups is 1. The zero-order valence-electron chi connectivity index (χ0n) is 10.9. The Hall–Kier alpha value is -0.770. The maximum atomic E-state index is 11.2. The van der Waals surface area contributed by atoms with Crippen LogP contribution in [0, 0.1) is 11.8 Å². The summed E-state index contributed by atoms with van der Waals surface area (Å²) in [6.07, 6.45) is 0. The van der Waals surface area contributed by atoms with E-state index in [0.29, 0.717) is 16.6 Å². The number of hydrogen-bond donors (Lipinski definition) is 1. The fraction of sp³-hybridized carbons (Fsp3) is 0.500. The molecule has 1 aromatic rings. The molecule has 1 N–H and O–H groups in total. The summed E-state index contributed by atoms with van der Waals surface area (Å²) in [6, 6.07) is 5.72. The summed E-state index contributed by atoms with van der Waals surface area (Å²) in [5.74, 6) is -0.829. The smallest absolute Gasteiger partial charge is 0.308 e. The summed E-state index contributed by atoms with van der Waals surface area (Å²) in [5.41, 5.74) is 1.06. The number of hydrogen-bond acceptors (Lipinski definition) is 2. The van der Waals surface area contributed by atoms with Crippen molar-refractivity contribution < 1.29 is 9.90 Å². The van der Waals surface area contributed by atoms with Crippen molar-refractivity contribution in [2.75, 3.05) is 13.1 Å². The first kappa shape index (κ1) is 14.6. The molecule has 3 atom stereocenters. The summed E-state index contributed by atoms with van der Waals surface area (Å²) in [7, 11) is 0. The van der Waals surface area contributed by atoms with Crippen LogP contribution in [-0.2, 0) is 4.79 Å². The van der Waals surface area contributed by atoms with Crippen molar-refractivity contribution in [2.45, 2.75) is 19.9 Å². The van der Waals surface area contributed by atoms with Crippen LogP contribution in [0.1, 0.15) is 25.5 Å². The van der Waals surface area contributed by atoms with Gasteiger partial charge < -0.3 is 5.11 Å². The maximum absolute atomic E-state index is 11.2. The lowest BCUT2D eigenvalue weighted by molar-refractivity contribution is -0.142. The van der Waals surface area contributed by atoms with E-state index in [1.807, 2.05) is 19.1 Å². The summed E-state index contributed by atoms with van der Waals surface area (Å²) in [5, 5.41) is 10.2. The molecule has 1 fully saturated rings. The maximum Gasteiger partial charge on any atom is 0.308 e. The van der Waals surface area contributed by atoms with Crippen LogP contribution in [0.15, 0.2) is 18.2 Å². The van der Waals surface area contributed by atoms with Crippen LogP contribution in [0.4, 0.5) is 0 Å². The van der Waals surface area contributed by atoms with E-state index in [-0.39, 0.29) is 17.9 Å².